The Morgan fingerprint density at radius 2 is 0.826 bits per heavy atom. The third-order valence-electron chi connectivity index (χ3n) is 14.8. The Morgan fingerprint density at radius 3 is 1.17 bits per heavy atom. The smallest absolute Gasteiger partial charge is 0.334 e. The fourth-order valence-corrected chi connectivity index (χ4v) is 12.4. The normalized spacial score (nSPS) is 14.9. The maximum atomic E-state index is 12.7. The number of rotatable bonds is 10. The third-order valence-corrected chi connectivity index (χ3v) is 14.8. The van der Waals surface area contributed by atoms with E-state index in [-0.39, 0.29) is 47.3 Å². The number of hydrogen-bond donors (Lipinski definition) is 2. The van der Waals surface area contributed by atoms with Crippen LogP contribution in [-0.2, 0) is 16.2 Å². The van der Waals surface area contributed by atoms with Crippen molar-refractivity contribution in [2.45, 2.75) is 29.1 Å². The molecule has 0 unspecified atom stereocenters. The first-order valence-corrected chi connectivity index (χ1v) is 22.7. The molecule has 10 heteroatoms. The van der Waals surface area contributed by atoms with Crippen molar-refractivity contribution in [3.63, 3.8) is 0 Å². The van der Waals surface area contributed by atoms with Gasteiger partial charge >= 0.3 is 11.4 Å². The zero-order valence-electron chi connectivity index (χ0n) is 37.0. The number of para-hydroxylation sites is 2. The second-order valence-corrected chi connectivity index (χ2v) is 18.0. The Labute approximate surface area is 397 Å². The van der Waals surface area contributed by atoms with Crippen LogP contribution in [0.3, 0.4) is 0 Å². The van der Waals surface area contributed by atoms with E-state index >= 15 is 0 Å². The number of nitro groups is 2. The summed E-state index contributed by atoms with van der Waals surface area (Å²) in [6, 6.07) is 56.6. The van der Waals surface area contributed by atoms with Crippen LogP contribution in [0.15, 0.2) is 170 Å². The van der Waals surface area contributed by atoms with Crippen LogP contribution in [0.5, 0.6) is 23.0 Å². The Morgan fingerprint density at radius 1 is 0.464 bits per heavy atom. The summed E-state index contributed by atoms with van der Waals surface area (Å²) in [7, 11) is 0. The number of benzene rings is 8. The molecule has 0 bridgehead atoms. The van der Waals surface area contributed by atoms with E-state index in [4.69, 9.17) is 22.3 Å². The monoisotopic (exact) mass is 900 g/mol. The van der Waals surface area contributed by atoms with E-state index in [0.29, 0.717) is 24.3 Å². The van der Waals surface area contributed by atoms with Gasteiger partial charge in [-0.2, -0.15) is 0 Å². The average Bonchev–Trinajstić information content (AvgIpc) is 4.03. The highest BCUT2D eigenvalue weighted by Gasteiger charge is 2.65. The first kappa shape index (κ1) is 41.3. The summed E-state index contributed by atoms with van der Waals surface area (Å²) in [4.78, 5) is 24.6. The summed E-state index contributed by atoms with van der Waals surface area (Å²) >= 11 is 0. The van der Waals surface area contributed by atoms with Crippen LogP contribution in [0.25, 0.3) is 22.3 Å². The molecule has 0 saturated heterocycles. The zero-order chi connectivity index (χ0) is 47.1. The maximum absolute atomic E-state index is 12.7. The highest BCUT2D eigenvalue weighted by Crippen LogP contribution is 2.73. The van der Waals surface area contributed by atoms with E-state index in [9.17, 15) is 20.2 Å². The lowest BCUT2D eigenvalue weighted by Gasteiger charge is -2.35. The molecular weight excluding hydrogens is 861 g/mol. The molecule has 0 heterocycles. The number of nitrogens with one attached hydrogen (secondary N) is 2. The number of nitro benzene ring substituents is 2. The number of fused-ring (bicyclic) bond motifs is 16. The highest BCUT2D eigenvalue weighted by atomic mass is 16.6. The van der Waals surface area contributed by atoms with Gasteiger partial charge in [0.25, 0.3) is 0 Å². The molecule has 4 aliphatic carbocycles. The maximum Gasteiger partial charge on any atom is 0.334 e. The van der Waals surface area contributed by atoms with Gasteiger partial charge in [0.05, 0.1) is 22.9 Å². The number of nitrogens with zero attached hydrogens (tertiary/aromatic N) is 2. The Kier molecular flexibility index (Phi) is 9.27. The van der Waals surface area contributed by atoms with Gasteiger partial charge in [-0.05, 0) is 128 Å². The summed E-state index contributed by atoms with van der Waals surface area (Å²) in [6.07, 6.45) is 12.3. The summed E-state index contributed by atoms with van der Waals surface area (Å²) in [5.74, 6) is 5.99. The molecular formula is C59H40N4O6. The predicted molar refractivity (Wildman–Crippen MR) is 267 cm³/mol. The standard InChI is InChI=1S/C59H40N4O6/c1-3-31-60-51-23-13-25-53(55(51)62(64)65)68-37-27-29-47-49(33-37)57(35-58(47)43-19-9-5-15-39(43)40-16-6-10-20-44(40)58)36-59(45-21-11-7-17-41(45)42-18-8-12-22-46(42)59)48-30-28-38(34-50(48)57)69-54-26-14-24-52(61-32-4-2)56(54)63(66)67/h1-2,5-30,33-34,60-61H,31-32,35-36H2. The highest BCUT2D eigenvalue weighted by molar-refractivity contribution is 5.89. The molecule has 8 aromatic rings. The zero-order valence-corrected chi connectivity index (χ0v) is 37.0. The molecule has 0 aromatic heterocycles. The Bertz CT molecular complexity index is 3280. The summed E-state index contributed by atoms with van der Waals surface area (Å²) in [5.41, 5.74) is 11.6. The van der Waals surface area contributed by atoms with Gasteiger partial charge in [0, 0.05) is 16.2 Å². The van der Waals surface area contributed by atoms with Crippen LogP contribution in [0, 0.1) is 44.9 Å². The minimum absolute atomic E-state index is 0.0680. The quantitative estimate of drug-likeness (QED) is 0.0789. The third kappa shape index (κ3) is 5.82. The number of terminal acetylenes is 2. The Hall–Kier alpha value is -9.12. The first-order chi connectivity index (χ1) is 33.7. The molecule has 0 radical (unpaired) electrons. The lowest BCUT2D eigenvalue weighted by molar-refractivity contribution is -0.384. The second kappa shape index (κ2) is 15.5. The molecule has 69 heavy (non-hydrogen) atoms. The molecule has 2 N–H and O–H groups in total. The molecule has 12 rings (SSSR count). The van der Waals surface area contributed by atoms with Crippen molar-refractivity contribution in [3.8, 4) is 69.9 Å². The van der Waals surface area contributed by atoms with Crippen LogP contribution >= 0.6 is 0 Å². The van der Waals surface area contributed by atoms with Gasteiger partial charge in [-0.1, -0.05) is 133 Å². The molecule has 4 aliphatic rings. The molecule has 0 amide bonds. The van der Waals surface area contributed by atoms with Gasteiger partial charge in [-0.15, -0.1) is 12.8 Å². The molecule has 0 saturated carbocycles. The van der Waals surface area contributed by atoms with E-state index in [1.54, 1.807) is 36.4 Å². The van der Waals surface area contributed by atoms with Gasteiger partial charge in [0.15, 0.2) is 0 Å². The minimum atomic E-state index is -0.775. The van der Waals surface area contributed by atoms with E-state index in [1.807, 2.05) is 12.1 Å². The van der Waals surface area contributed by atoms with E-state index < -0.39 is 26.1 Å². The predicted octanol–water partition coefficient (Wildman–Crippen LogP) is 12.9. The average molecular weight is 901 g/mol. The summed E-state index contributed by atoms with van der Waals surface area (Å²) < 4.78 is 13.3. The van der Waals surface area contributed by atoms with Crippen molar-refractivity contribution in [2.24, 2.45) is 0 Å². The van der Waals surface area contributed by atoms with E-state index in [2.05, 4.69) is 144 Å². The van der Waals surface area contributed by atoms with Gasteiger partial charge in [-0.25, -0.2) is 0 Å². The van der Waals surface area contributed by atoms with Crippen LogP contribution in [-0.4, -0.2) is 22.9 Å². The van der Waals surface area contributed by atoms with Gasteiger partial charge in [0.1, 0.15) is 22.9 Å². The second-order valence-electron chi connectivity index (χ2n) is 18.0. The van der Waals surface area contributed by atoms with Crippen molar-refractivity contribution >= 4 is 22.7 Å². The van der Waals surface area contributed by atoms with Crippen LogP contribution < -0.4 is 20.1 Å². The SMILES string of the molecule is C#CCNc1cccc(Oc2ccc3c(c2)C2(CC34c3ccccc3-c3ccccc34)CC3(c4ccccc4-c4ccccc43)c3ccc(Oc4cccc(NCC#C)c4[N+](=O)[O-])cc32)c1[N+](=O)[O-]. The van der Waals surface area contributed by atoms with Crippen molar-refractivity contribution in [2.75, 3.05) is 23.7 Å². The topological polar surface area (TPSA) is 129 Å². The van der Waals surface area contributed by atoms with E-state index in [0.717, 1.165) is 44.5 Å². The molecule has 3 spiro atoms. The number of hydrogen-bond acceptors (Lipinski definition) is 8. The van der Waals surface area contributed by atoms with Gasteiger partial charge < -0.3 is 20.1 Å². The van der Waals surface area contributed by atoms with Gasteiger partial charge in [0.2, 0.25) is 11.5 Å². The van der Waals surface area contributed by atoms with Crippen LogP contribution in [0.2, 0.25) is 0 Å². The fourth-order valence-electron chi connectivity index (χ4n) is 12.4. The minimum Gasteiger partial charge on any atom is -0.450 e. The summed E-state index contributed by atoms with van der Waals surface area (Å²) in [5, 5.41) is 31.4. The lowest BCUT2D eigenvalue weighted by atomic mass is 9.66. The first-order valence-electron chi connectivity index (χ1n) is 22.7. The van der Waals surface area contributed by atoms with Crippen molar-refractivity contribution in [1.29, 1.82) is 0 Å². The lowest BCUT2D eigenvalue weighted by Crippen LogP contribution is -2.32. The number of ether oxygens (including phenoxy) is 2. The molecule has 0 atom stereocenters. The van der Waals surface area contributed by atoms with Crippen molar-refractivity contribution < 1.29 is 19.3 Å². The van der Waals surface area contributed by atoms with Gasteiger partial charge in [-0.3, -0.25) is 20.2 Å². The molecule has 8 aromatic carbocycles. The number of anilines is 2. The van der Waals surface area contributed by atoms with Crippen LogP contribution in [0.1, 0.15) is 57.3 Å². The largest absolute Gasteiger partial charge is 0.450 e. The molecule has 0 fully saturated rings. The van der Waals surface area contributed by atoms with Crippen LogP contribution in [0.4, 0.5) is 22.7 Å². The summed E-state index contributed by atoms with van der Waals surface area (Å²) in [6.45, 7) is 0.189. The van der Waals surface area contributed by atoms with Crippen molar-refractivity contribution in [3.05, 3.63) is 235 Å². The molecule has 332 valence electrons. The Balaban J connectivity index is 1.13. The van der Waals surface area contributed by atoms with Crippen molar-refractivity contribution in [1.82, 2.24) is 0 Å². The molecule has 10 nitrogen and oxygen atoms in total. The molecule has 0 aliphatic heterocycles. The fraction of sp³-hybridized carbons (Fsp3) is 0.119. The van der Waals surface area contributed by atoms with E-state index in [1.165, 1.54) is 22.3 Å².